The van der Waals surface area contributed by atoms with Gasteiger partial charge in [-0.2, -0.15) is 0 Å². The first kappa shape index (κ1) is 16.9. The lowest BCUT2D eigenvalue weighted by molar-refractivity contribution is 0.331. The number of hydrogen-bond donors (Lipinski definition) is 0. The fourth-order valence-corrected chi connectivity index (χ4v) is 3.71. The van der Waals surface area contributed by atoms with Crippen LogP contribution in [0.2, 0.25) is 10.0 Å². The van der Waals surface area contributed by atoms with Crippen LogP contribution in [0.15, 0.2) is 27.8 Å². The highest BCUT2D eigenvalue weighted by molar-refractivity contribution is 7.99. The van der Waals surface area contributed by atoms with Crippen molar-refractivity contribution in [2.45, 2.75) is 43.2 Å². The van der Waals surface area contributed by atoms with Gasteiger partial charge in [0.2, 0.25) is 5.89 Å². The van der Waals surface area contributed by atoms with E-state index in [0.29, 0.717) is 39.3 Å². The summed E-state index contributed by atoms with van der Waals surface area (Å²) in [6, 6.07) is 5.19. The monoisotopic (exact) mass is 372 g/mol. The molecule has 7 heteroatoms. The lowest BCUT2D eigenvalue weighted by Gasteiger charge is -2.17. The zero-order valence-electron chi connectivity index (χ0n) is 12.6. The molecule has 1 aromatic carbocycles. The van der Waals surface area contributed by atoms with Gasteiger partial charge in [0.15, 0.2) is 0 Å². The third-order valence-corrected chi connectivity index (χ3v) is 5.15. The van der Waals surface area contributed by atoms with E-state index in [1.165, 1.54) is 31.0 Å². The molecule has 2 aromatic rings. The number of rotatable bonds is 6. The molecule has 0 N–H and O–H groups in total. The topological polar surface area (TPSA) is 48.2 Å². The molecule has 1 fully saturated rings. The maximum absolute atomic E-state index is 6.06. The lowest BCUT2D eigenvalue weighted by Crippen LogP contribution is -2.04. The molecule has 0 aliphatic heterocycles. The van der Waals surface area contributed by atoms with Gasteiger partial charge in [0.05, 0.1) is 11.6 Å². The summed E-state index contributed by atoms with van der Waals surface area (Å²) in [7, 11) is 0. The molecular weight excluding hydrogens is 355 g/mol. The Morgan fingerprint density at radius 2 is 2.00 bits per heavy atom. The van der Waals surface area contributed by atoms with Crippen molar-refractivity contribution in [3.63, 3.8) is 0 Å². The highest BCUT2D eigenvalue weighted by atomic mass is 35.5. The highest BCUT2D eigenvalue weighted by Gasteiger charge is 2.21. The van der Waals surface area contributed by atoms with Crippen LogP contribution < -0.4 is 4.74 Å². The van der Waals surface area contributed by atoms with Gasteiger partial charge in [-0.25, -0.2) is 0 Å². The largest absolute Gasteiger partial charge is 0.491 e. The van der Waals surface area contributed by atoms with Gasteiger partial charge >= 0.3 is 0 Å². The SMILES string of the molecule is Clc1ccc(OCCSc2nnc(C3CCCCC3)o2)c(Cl)c1. The number of nitrogens with zero attached hydrogens (tertiary/aromatic N) is 2. The van der Waals surface area contributed by atoms with Gasteiger partial charge in [0.25, 0.3) is 5.22 Å². The van der Waals surface area contributed by atoms with Crippen LogP contribution in [-0.2, 0) is 0 Å². The van der Waals surface area contributed by atoms with E-state index in [2.05, 4.69) is 10.2 Å². The van der Waals surface area contributed by atoms with Crippen LogP contribution in [0, 0.1) is 0 Å². The molecular formula is C16H18Cl2N2O2S. The van der Waals surface area contributed by atoms with Crippen LogP contribution in [0.1, 0.15) is 43.9 Å². The normalized spacial score (nSPS) is 15.7. The van der Waals surface area contributed by atoms with Crippen LogP contribution >= 0.6 is 35.0 Å². The predicted octanol–water partition coefficient (Wildman–Crippen LogP) is 5.60. The molecule has 0 spiro atoms. The minimum atomic E-state index is 0.440. The van der Waals surface area contributed by atoms with Gasteiger partial charge in [-0.1, -0.05) is 54.2 Å². The Bertz CT molecular complexity index is 645. The van der Waals surface area contributed by atoms with Crippen molar-refractivity contribution in [3.05, 3.63) is 34.1 Å². The lowest BCUT2D eigenvalue weighted by atomic mass is 9.89. The fraction of sp³-hybridized carbons (Fsp3) is 0.500. The van der Waals surface area contributed by atoms with E-state index in [4.69, 9.17) is 32.4 Å². The van der Waals surface area contributed by atoms with E-state index in [0.717, 1.165) is 18.7 Å². The van der Waals surface area contributed by atoms with E-state index in [-0.39, 0.29) is 0 Å². The summed E-state index contributed by atoms with van der Waals surface area (Å²) in [5.41, 5.74) is 0. The summed E-state index contributed by atoms with van der Waals surface area (Å²) in [4.78, 5) is 0. The second kappa shape index (κ2) is 8.27. The van der Waals surface area contributed by atoms with Gasteiger partial charge < -0.3 is 9.15 Å². The molecule has 0 radical (unpaired) electrons. The van der Waals surface area contributed by atoms with E-state index in [1.807, 2.05) is 0 Å². The highest BCUT2D eigenvalue weighted by Crippen LogP contribution is 2.33. The number of hydrogen-bond acceptors (Lipinski definition) is 5. The summed E-state index contributed by atoms with van der Waals surface area (Å²) in [5, 5.41) is 10.0. The van der Waals surface area contributed by atoms with E-state index in [9.17, 15) is 0 Å². The van der Waals surface area contributed by atoms with Gasteiger partial charge in [0, 0.05) is 16.7 Å². The molecule has 4 nitrogen and oxygen atoms in total. The zero-order valence-corrected chi connectivity index (χ0v) is 15.0. The van der Waals surface area contributed by atoms with Crippen molar-refractivity contribution in [2.24, 2.45) is 0 Å². The zero-order chi connectivity index (χ0) is 16.1. The summed E-state index contributed by atoms with van der Waals surface area (Å²) in [6.07, 6.45) is 6.14. The van der Waals surface area contributed by atoms with E-state index in [1.54, 1.807) is 18.2 Å². The first-order valence-corrected chi connectivity index (χ1v) is 9.50. The second-order valence-corrected chi connectivity index (χ2v) is 7.40. The van der Waals surface area contributed by atoms with Crippen molar-refractivity contribution in [3.8, 4) is 5.75 Å². The molecule has 1 aromatic heterocycles. The van der Waals surface area contributed by atoms with Crippen molar-refractivity contribution in [1.29, 1.82) is 0 Å². The van der Waals surface area contributed by atoms with Crippen LogP contribution in [0.5, 0.6) is 5.75 Å². The Morgan fingerprint density at radius 3 is 2.78 bits per heavy atom. The molecule has 0 amide bonds. The molecule has 1 aliphatic carbocycles. The maximum Gasteiger partial charge on any atom is 0.276 e. The number of halogens is 2. The standard InChI is InChI=1S/C16H18Cl2N2O2S/c17-12-6-7-14(13(18)10-12)21-8-9-23-16-20-19-15(22-16)11-4-2-1-3-5-11/h6-7,10-11H,1-5,8-9H2. The Morgan fingerprint density at radius 1 is 1.17 bits per heavy atom. The van der Waals surface area contributed by atoms with Crippen LogP contribution in [0.3, 0.4) is 0 Å². The fourth-order valence-electron chi connectivity index (χ4n) is 2.67. The maximum atomic E-state index is 6.06. The summed E-state index contributed by atoms with van der Waals surface area (Å²) in [5.74, 6) is 2.57. The molecule has 0 bridgehead atoms. The minimum Gasteiger partial charge on any atom is -0.491 e. The Balaban J connectivity index is 1.44. The average molecular weight is 373 g/mol. The molecule has 124 valence electrons. The molecule has 0 unspecified atom stereocenters. The summed E-state index contributed by atoms with van der Waals surface area (Å²) >= 11 is 13.4. The van der Waals surface area contributed by atoms with Crippen LogP contribution in [0.4, 0.5) is 0 Å². The Hall–Kier alpha value is -0.910. The first-order chi connectivity index (χ1) is 11.2. The smallest absolute Gasteiger partial charge is 0.276 e. The molecule has 0 atom stereocenters. The summed E-state index contributed by atoms with van der Waals surface area (Å²) in [6.45, 7) is 0.507. The average Bonchev–Trinajstić information content (AvgIpc) is 3.03. The van der Waals surface area contributed by atoms with Crippen LogP contribution in [-0.4, -0.2) is 22.6 Å². The molecule has 0 saturated heterocycles. The first-order valence-electron chi connectivity index (χ1n) is 7.76. The summed E-state index contributed by atoms with van der Waals surface area (Å²) < 4.78 is 11.4. The minimum absolute atomic E-state index is 0.440. The van der Waals surface area contributed by atoms with Crippen molar-refractivity contribution >= 4 is 35.0 Å². The van der Waals surface area contributed by atoms with Crippen molar-refractivity contribution in [1.82, 2.24) is 10.2 Å². The van der Waals surface area contributed by atoms with E-state index >= 15 is 0 Å². The molecule has 3 rings (SSSR count). The predicted molar refractivity (Wildman–Crippen MR) is 92.8 cm³/mol. The van der Waals surface area contributed by atoms with Gasteiger partial charge in [-0.15, -0.1) is 10.2 Å². The third-order valence-electron chi connectivity index (χ3n) is 3.84. The second-order valence-electron chi connectivity index (χ2n) is 5.51. The van der Waals surface area contributed by atoms with Crippen LogP contribution in [0.25, 0.3) is 0 Å². The third kappa shape index (κ3) is 4.78. The number of benzene rings is 1. The van der Waals surface area contributed by atoms with Gasteiger partial charge in [-0.05, 0) is 31.0 Å². The van der Waals surface area contributed by atoms with Crippen molar-refractivity contribution < 1.29 is 9.15 Å². The molecule has 1 saturated carbocycles. The number of aromatic nitrogens is 2. The molecule has 1 heterocycles. The number of ether oxygens (including phenoxy) is 1. The van der Waals surface area contributed by atoms with Gasteiger partial charge in [0.1, 0.15) is 5.75 Å². The van der Waals surface area contributed by atoms with Gasteiger partial charge in [-0.3, -0.25) is 0 Å². The van der Waals surface area contributed by atoms with E-state index < -0.39 is 0 Å². The quantitative estimate of drug-likeness (QED) is 0.488. The van der Waals surface area contributed by atoms with Crippen molar-refractivity contribution in [2.75, 3.05) is 12.4 Å². The number of thioether (sulfide) groups is 1. The molecule has 1 aliphatic rings. The molecule has 23 heavy (non-hydrogen) atoms. The Kier molecular flexibility index (Phi) is 6.08. The Labute approximate surface area is 149 Å².